The Morgan fingerprint density at radius 2 is 1.14 bits per heavy atom. The maximum absolute atomic E-state index is 4.97. The molecule has 0 fully saturated rings. The molecule has 0 saturated carbocycles. The van der Waals surface area contributed by atoms with Crippen LogP contribution >= 0.6 is 0 Å². The summed E-state index contributed by atoms with van der Waals surface area (Å²) in [4.78, 5) is 0. The summed E-state index contributed by atoms with van der Waals surface area (Å²) in [7, 11) is -1.10. The fourth-order valence-electron chi connectivity index (χ4n) is 2.00. The summed E-state index contributed by atoms with van der Waals surface area (Å²) in [6, 6.07) is 17.6. The van der Waals surface area contributed by atoms with E-state index in [1.54, 1.807) is 0 Å². The second-order valence-corrected chi connectivity index (χ2v) is 8.81. The van der Waals surface area contributed by atoms with Gasteiger partial charge in [-0.15, -0.1) is 0 Å². The first kappa shape index (κ1) is 15.7. The number of aryl methyl sites for hydroxylation is 2. The molecule has 0 atom stereocenters. The van der Waals surface area contributed by atoms with Crippen LogP contribution < -0.4 is 10.4 Å². The fraction of sp³-hybridized carbons (Fsp3) is 0.316. The minimum Gasteiger partial charge on any atom is -0.321 e. The molecule has 0 aliphatic carbocycles. The molecule has 0 bridgehead atoms. The summed E-state index contributed by atoms with van der Waals surface area (Å²) >= 11 is 0. The van der Waals surface area contributed by atoms with Gasteiger partial charge in [0, 0.05) is 0 Å². The molecule has 0 aliphatic heterocycles. The summed E-state index contributed by atoms with van der Waals surface area (Å²) < 4.78 is 4.97. The molecule has 2 heteroatoms. The van der Waals surface area contributed by atoms with Crippen molar-refractivity contribution in [3.05, 3.63) is 59.7 Å². The molecule has 0 amide bonds. The highest BCUT2D eigenvalue weighted by atomic mass is 28.3. The van der Waals surface area contributed by atoms with Gasteiger partial charge in [-0.1, -0.05) is 80.4 Å². The lowest BCUT2D eigenvalue weighted by Crippen LogP contribution is -2.41. The van der Waals surface area contributed by atoms with Crippen LogP contribution in [0.3, 0.4) is 0 Å². The first-order valence-corrected chi connectivity index (χ1v) is 8.86. The Bertz CT molecular complexity index is 558. The van der Waals surface area contributed by atoms with E-state index >= 15 is 0 Å². The van der Waals surface area contributed by atoms with Gasteiger partial charge in [-0.25, -0.2) is 0 Å². The number of hydrogen-bond acceptors (Lipinski definition) is 1. The maximum Gasteiger partial charge on any atom is 0.264 e. The van der Waals surface area contributed by atoms with Gasteiger partial charge in [0.05, 0.1) is 0 Å². The molecule has 0 heterocycles. The summed E-state index contributed by atoms with van der Waals surface area (Å²) in [5, 5.41) is 2.69. The van der Waals surface area contributed by atoms with Crippen LogP contribution in [0.1, 0.15) is 31.9 Å². The second kappa shape index (κ2) is 6.40. The molecule has 1 radical (unpaired) electrons. The Morgan fingerprint density at radius 1 is 0.762 bits per heavy atom. The van der Waals surface area contributed by atoms with Crippen molar-refractivity contribution in [2.75, 3.05) is 0 Å². The molecule has 0 N–H and O–H groups in total. The average Bonchev–Trinajstić information content (AvgIpc) is 2.41. The molecule has 0 spiro atoms. The molecule has 2 aromatic rings. The topological polar surface area (TPSA) is 12.4 Å². The lowest BCUT2D eigenvalue weighted by atomic mass is 10.00. The number of benzene rings is 2. The molecule has 0 aliphatic rings. The summed E-state index contributed by atoms with van der Waals surface area (Å²) in [6.45, 7) is 10.8. The second-order valence-electron chi connectivity index (χ2n) is 6.70. The first-order valence-electron chi connectivity index (χ1n) is 7.41. The van der Waals surface area contributed by atoms with Gasteiger partial charge in [0.2, 0.25) is 0 Å². The van der Waals surface area contributed by atoms with Crippen molar-refractivity contribution in [1.29, 1.82) is 0 Å². The molecule has 2 aromatic carbocycles. The predicted molar refractivity (Wildman–Crippen MR) is 95.3 cm³/mol. The third-order valence-electron chi connectivity index (χ3n) is 3.23. The number of hydrogen-bond donors (Lipinski definition) is 0. The monoisotopic (exact) mass is 294 g/mol. The summed E-state index contributed by atoms with van der Waals surface area (Å²) in [6.07, 6.45) is 2.11. The Morgan fingerprint density at radius 3 is 1.48 bits per heavy atom. The normalized spacial score (nSPS) is 12.3. The van der Waals surface area contributed by atoms with E-state index in [-0.39, 0.29) is 5.41 Å². The zero-order chi connectivity index (χ0) is 15.5. The molecule has 0 unspecified atom stereocenters. The molecule has 0 saturated heterocycles. The highest BCUT2D eigenvalue weighted by molar-refractivity contribution is 6.84. The van der Waals surface area contributed by atoms with Crippen LogP contribution in [-0.2, 0) is 0 Å². The molecule has 109 valence electrons. The van der Waals surface area contributed by atoms with Crippen molar-refractivity contribution in [2.24, 2.45) is 10.1 Å². The minimum atomic E-state index is -1.10. The van der Waals surface area contributed by atoms with E-state index in [4.69, 9.17) is 4.66 Å². The van der Waals surface area contributed by atoms with E-state index in [1.807, 2.05) is 0 Å². The molecule has 0 aromatic heterocycles. The van der Waals surface area contributed by atoms with Crippen molar-refractivity contribution in [1.82, 2.24) is 0 Å². The molecule has 21 heavy (non-hydrogen) atoms. The van der Waals surface area contributed by atoms with Gasteiger partial charge in [-0.05, 0) is 35.9 Å². The van der Waals surface area contributed by atoms with Gasteiger partial charge in [0.15, 0.2) is 0 Å². The van der Waals surface area contributed by atoms with Crippen LogP contribution in [0.25, 0.3) is 0 Å². The van der Waals surface area contributed by atoms with Crippen molar-refractivity contribution in [3.63, 3.8) is 0 Å². The zero-order valence-electron chi connectivity index (χ0n) is 13.6. The highest BCUT2D eigenvalue weighted by Crippen LogP contribution is 2.09. The van der Waals surface area contributed by atoms with E-state index in [0.29, 0.717) is 0 Å². The lowest BCUT2D eigenvalue weighted by molar-refractivity contribution is 0.608. The highest BCUT2D eigenvalue weighted by Gasteiger charge is 2.17. The number of nitrogens with zero attached hydrogens (tertiary/aromatic N) is 1. The van der Waals surface area contributed by atoms with Crippen LogP contribution in [0.5, 0.6) is 0 Å². The Labute approximate surface area is 130 Å². The van der Waals surface area contributed by atoms with Gasteiger partial charge in [0.25, 0.3) is 8.96 Å². The largest absolute Gasteiger partial charge is 0.321 e. The van der Waals surface area contributed by atoms with E-state index in [2.05, 4.69) is 89.4 Å². The summed E-state index contributed by atoms with van der Waals surface area (Å²) in [5.41, 5.74) is 2.71. The van der Waals surface area contributed by atoms with Crippen LogP contribution in [-0.4, -0.2) is 15.2 Å². The third-order valence-corrected chi connectivity index (χ3v) is 5.38. The van der Waals surface area contributed by atoms with Crippen molar-refractivity contribution >= 4 is 25.5 Å². The minimum absolute atomic E-state index is 0.116. The standard InChI is InChI=1S/C19H24NSi/c1-15-6-10-17(11-7-15)21(20-14-19(3,4)5)18-12-8-16(2)9-13-18/h6-14H,1-5H3/b20-14+. The SMILES string of the molecule is Cc1ccc([Si](/N=C/C(C)(C)C)c2ccc(C)cc2)cc1. The Hall–Kier alpha value is -1.67. The predicted octanol–water partition coefficient (Wildman–Crippen LogP) is 3.53. The third kappa shape index (κ3) is 4.67. The smallest absolute Gasteiger partial charge is 0.264 e. The van der Waals surface area contributed by atoms with E-state index in [1.165, 1.54) is 21.5 Å². The quantitative estimate of drug-likeness (QED) is 0.606. The molecular weight excluding hydrogens is 270 g/mol. The van der Waals surface area contributed by atoms with Crippen LogP contribution in [0.2, 0.25) is 0 Å². The Kier molecular flexibility index (Phi) is 4.79. The van der Waals surface area contributed by atoms with Gasteiger partial charge in [0.1, 0.15) is 0 Å². The fourth-order valence-corrected chi connectivity index (χ4v) is 4.11. The first-order chi connectivity index (χ1) is 9.85. The van der Waals surface area contributed by atoms with E-state index in [9.17, 15) is 0 Å². The van der Waals surface area contributed by atoms with Gasteiger partial charge in [-0.3, -0.25) is 0 Å². The lowest BCUT2D eigenvalue weighted by Gasteiger charge is -2.15. The molecule has 2 rings (SSSR count). The van der Waals surface area contributed by atoms with Crippen molar-refractivity contribution < 1.29 is 0 Å². The van der Waals surface area contributed by atoms with Gasteiger partial charge >= 0.3 is 0 Å². The van der Waals surface area contributed by atoms with E-state index in [0.717, 1.165) is 0 Å². The van der Waals surface area contributed by atoms with Crippen LogP contribution in [0.15, 0.2) is 53.2 Å². The van der Waals surface area contributed by atoms with Crippen LogP contribution in [0, 0.1) is 19.3 Å². The molecular formula is C19H24NSi. The van der Waals surface area contributed by atoms with Crippen LogP contribution in [0.4, 0.5) is 0 Å². The average molecular weight is 294 g/mol. The maximum atomic E-state index is 4.97. The molecule has 1 nitrogen and oxygen atoms in total. The van der Waals surface area contributed by atoms with E-state index < -0.39 is 8.96 Å². The van der Waals surface area contributed by atoms with Gasteiger partial charge in [-0.2, -0.15) is 0 Å². The van der Waals surface area contributed by atoms with Crippen molar-refractivity contribution in [3.8, 4) is 0 Å². The van der Waals surface area contributed by atoms with Gasteiger partial charge < -0.3 is 4.66 Å². The zero-order valence-corrected chi connectivity index (χ0v) is 14.6. The summed E-state index contributed by atoms with van der Waals surface area (Å²) in [5.74, 6) is 0. The van der Waals surface area contributed by atoms with Crippen molar-refractivity contribution in [2.45, 2.75) is 34.6 Å². The number of rotatable bonds is 3. The Balaban J connectivity index is 2.41.